The van der Waals surface area contributed by atoms with Crippen molar-refractivity contribution in [1.29, 1.82) is 0 Å². The lowest BCUT2D eigenvalue weighted by molar-refractivity contribution is -0.138. The van der Waals surface area contributed by atoms with Gasteiger partial charge in [-0.2, -0.15) is 0 Å². The predicted octanol–water partition coefficient (Wildman–Crippen LogP) is 2.17. The van der Waals surface area contributed by atoms with Crippen LogP contribution in [0.2, 0.25) is 0 Å². The van der Waals surface area contributed by atoms with E-state index < -0.39 is 5.97 Å². The smallest absolute Gasteiger partial charge is 0.323 e. The maximum atomic E-state index is 12.6. The van der Waals surface area contributed by atoms with Gasteiger partial charge in [-0.05, 0) is 31.5 Å². The van der Waals surface area contributed by atoms with Crippen molar-refractivity contribution in [3.05, 3.63) is 23.8 Å². The second-order valence-corrected chi connectivity index (χ2v) is 5.30. The Kier molecular flexibility index (Phi) is 5.25. The topological polar surface area (TPSA) is 76.1 Å². The van der Waals surface area contributed by atoms with Gasteiger partial charge >= 0.3 is 5.97 Å². The molecule has 1 unspecified atom stereocenters. The molecule has 1 atom stereocenters. The van der Waals surface area contributed by atoms with Crippen LogP contribution < -0.4 is 9.47 Å². The van der Waals surface area contributed by atoms with Gasteiger partial charge in [-0.25, -0.2) is 0 Å². The molecule has 1 aromatic rings. The van der Waals surface area contributed by atoms with E-state index in [1.807, 2.05) is 13.8 Å². The fourth-order valence-corrected chi connectivity index (χ4v) is 2.26. The molecular weight excluding hydrogens is 286 g/mol. The number of carbonyl (C=O) groups excluding carboxylic acids is 1. The van der Waals surface area contributed by atoms with Gasteiger partial charge in [0, 0.05) is 18.0 Å². The number of amides is 1. The van der Waals surface area contributed by atoms with Crippen LogP contribution in [-0.4, -0.2) is 47.7 Å². The Bertz CT molecular complexity index is 557. The first kappa shape index (κ1) is 16.1. The van der Waals surface area contributed by atoms with Crippen molar-refractivity contribution in [2.24, 2.45) is 0 Å². The molecule has 2 rings (SSSR count). The summed E-state index contributed by atoms with van der Waals surface area (Å²) in [5.41, 5.74) is 0.408. The quantitative estimate of drug-likeness (QED) is 0.902. The molecule has 0 bridgehead atoms. The summed E-state index contributed by atoms with van der Waals surface area (Å²) in [6, 6.07) is 4.82. The van der Waals surface area contributed by atoms with Crippen molar-refractivity contribution in [3.63, 3.8) is 0 Å². The summed E-state index contributed by atoms with van der Waals surface area (Å²) < 4.78 is 11.1. The third kappa shape index (κ3) is 3.69. The highest BCUT2D eigenvalue weighted by Crippen LogP contribution is 2.31. The monoisotopic (exact) mass is 307 g/mol. The van der Waals surface area contributed by atoms with Gasteiger partial charge in [-0.15, -0.1) is 0 Å². The molecule has 1 N–H and O–H groups in total. The number of carboxylic acids is 1. The Morgan fingerprint density at radius 3 is 2.59 bits per heavy atom. The van der Waals surface area contributed by atoms with Crippen molar-refractivity contribution < 1.29 is 24.2 Å². The van der Waals surface area contributed by atoms with Gasteiger partial charge in [0.25, 0.3) is 5.91 Å². The van der Waals surface area contributed by atoms with Crippen molar-refractivity contribution in [3.8, 4) is 11.5 Å². The summed E-state index contributed by atoms with van der Waals surface area (Å²) in [7, 11) is 0. The van der Waals surface area contributed by atoms with Crippen LogP contribution in [0.4, 0.5) is 0 Å². The second kappa shape index (κ2) is 7.15. The minimum atomic E-state index is -1.03. The zero-order chi connectivity index (χ0) is 16.1. The van der Waals surface area contributed by atoms with Crippen LogP contribution >= 0.6 is 0 Å². The maximum Gasteiger partial charge on any atom is 0.323 e. The van der Waals surface area contributed by atoms with Crippen LogP contribution in [0.5, 0.6) is 11.5 Å². The number of aliphatic carboxylic acids is 1. The van der Waals surface area contributed by atoms with E-state index in [2.05, 4.69) is 0 Å². The van der Waals surface area contributed by atoms with Crippen LogP contribution in [0.15, 0.2) is 18.2 Å². The highest BCUT2D eigenvalue weighted by atomic mass is 16.5. The van der Waals surface area contributed by atoms with Crippen molar-refractivity contribution in [2.45, 2.75) is 32.7 Å². The Hall–Kier alpha value is -2.24. The molecule has 22 heavy (non-hydrogen) atoms. The summed E-state index contributed by atoms with van der Waals surface area (Å²) in [6.45, 7) is 4.56. The van der Waals surface area contributed by atoms with Crippen LogP contribution in [0.25, 0.3) is 0 Å². The zero-order valence-corrected chi connectivity index (χ0v) is 12.9. The number of hydrogen-bond donors (Lipinski definition) is 1. The average Bonchev–Trinajstić information content (AvgIpc) is 2.75. The molecule has 1 aliphatic rings. The van der Waals surface area contributed by atoms with Gasteiger partial charge < -0.3 is 19.5 Å². The van der Waals surface area contributed by atoms with Gasteiger partial charge in [-0.1, -0.05) is 6.92 Å². The van der Waals surface area contributed by atoms with E-state index in [1.54, 1.807) is 18.2 Å². The SMILES string of the molecule is CCC(C)N(CC(=O)O)C(=O)c1ccc2c(c1)OCCCO2. The van der Waals surface area contributed by atoms with Gasteiger partial charge in [-0.3, -0.25) is 9.59 Å². The number of carboxylic acid groups (broad SMARTS) is 1. The summed E-state index contributed by atoms with van der Waals surface area (Å²) >= 11 is 0. The third-order valence-corrected chi connectivity index (χ3v) is 3.68. The van der Waals surface area contributed by atoms with E-state index in [-0.39, 0.29) is 18.5 Å². The fourth-order valence-electron chi connectivity index (χ4n) is 2.26. The molecule has 1 heterocycles. The molecule has 1 amide bonds. The molecular formula is C16H21NO5. The summed E-state index contributed by atoms with van der Waals surface area (Å²) in [5.74, 6) is -0.194. The van der Waals surface area contributed by atoms with Gasteiger partial charge in [0.15, 0.2) is 11.5 Å². The minimum Gasteiger partial charge on any atom is -0.490 e. The Morgan fingerprint density at radius 2 is 1.95 bits per heavy atom. The molecule has 1 aromatic carbocycles. The lowest BCUT2D eigenvalue weighted by Crippen LogP contribution is -2.41. The molecule has 0 aliphatic carbocycles. The van der Waals surface area contributed by atoms with Gasteiger partial charge in [0.1, 0.15) is 6.54 Å². The Balaban J connectivity index is 2.26. The van der Waals surface area contributed by atoms with Crippen molar-refractivity contribution in [1.82, 2.24) is 4.90 Å². The summed E-state index contributed by atoms with van der Waals surface area (Å²) in [5, 5.41) is 9.01. The van der Waals surface area contributed by atoms with E-state index in [9.17, 15) is 9.59 Å². The standard InChI is InChI=1S/C16H21NO5/c1-3-11(2)17(10-15(18)19)16(20)12-5-6-13-14(9-12)22-8-4-7-21-13/h5-6,9,11H,3-4,7-8,10H2,1-2H3,(H,18,19). The number of nitrogens with zero attached hydrogens (tertiary/aromatic N) is 1. The Morgan fingerprint density at radius 1 is 1.27 bits per heavy atom. The van der Waals surface area contributed by atoms with Crippen LogP contribution in [0.3, 0.4) is 0 Å². The van der Waals surface area contributed by atoms with Crippen LogP contribution in [0.1, 0.15) is 37.0 Å². The molecule has 0 spiro atoms. The highest BCUT2D eigenvalue weighted by molar-refractivity contribution is 5.96. The highest BCUT2D eigenvalue weighted by Gasteiger charge is 2.24. The first-order valence-corrected chi connectivity index (χ1v) is 7.45. The van der Waals surface area contributed by atoms with E-state index in [0.717, 1.165) is 6.42 Å². The zero-order valence-electron chi connectivity index (χ0n) is 12.9. The largest absolute Gasteiger partial charge is 0.490 e. The second-order valence-electron chi connectivity index (χ2n) is 5.30. The molecule has 0 saturated carbocycles. The summed E-state index contributed by atoms with van der Waals surface area (Å²) in [4.78, 5) is 25.0. The normalized spacial score (nSPS) is 14.8. The molecule has 0 aromatic heterocycles. The average molecular weight is 307 g/mol. The lowest BCUT2D eigenvalue weighted by atomic mass is 10.1. The number of rotatable bonds is 5. The molecule has 0 fully saturated rings. The molecule has 6 nitrogen and oxygen atoms in total. The van der Waals surface area contributed by atoms with Crippen molar-refractivity contribution >= 4 is 11.9 Å². The minimum absolute atomic E-state index is 0.153. The number of benzene rings is 1. The summed E-state index contributed by atoms with van der Waals surface area (Å²) in [6.07, 6.45) is 1.47. The molecule has 6 heteroatoms. The number of carbonyl (C=O) groups is 2. The molecule has 0 saturated heterocycles. The van der Waals surface area contributed by atoms with Crippen LogP contribution in [0, 0.1) is 0 Å². The number of ether oxygens (including phenoxy) is 2. The fraction of sp³-hybridized carbons (Fsp3) is 0.500. The third-order valence-electron chi connectivity index (χ3n) is 3.68. The van der Waals surface area contributed by atoms with Crippen molar-refractivity contribution in [2.75, 3.05) is 19.8 Å². The molecule has 1 aliphatic heterocycles. The van der Waals surface area contributed by atoms with Gasteiger partial charge in [0.05, 0.1) is 13.2 Å². The maximum absolute atomic E-state index is 12.6. The number of fused-ring (bicyclic) bond motifs is 1. The Labute approximate surface area is 129 Å². The first-order valence-electron chi connectivity index (χ1n) is 7.45. The van der Waals surface area contributed by atoms with E-state index in [1.165, 1.54) is 4.90 Å². The lowest BCUT2D eigenvalue weighted by Gasteiger charge is -2.27. The molecule has 120 valence electrons. The number of hydrogen-bond acceptors (Lipinski definition) is 4. The molecule has 0 radical (unpaired) electrons. The van der Waals surface area contributed by atoms with E-state index in [0.29, 0.717) is 36.7 Å². The van der Waals surface area contributed by atoms with E-state index >= 15 is 0 Å². The first-order chi connectivity index (χ1) is 10.5. The van der Waals surface area contributed by atoms with Crippen LogP contribution in [-0.2, 0) is 4.79 Å². The van der Waals surface area contributed by atoms with E-state index in [4.69, 9.17) is 14.6 Å². The van der Waals surface area contributed by atoms with Gasteiger partial charge in [0.2, 0.25) is 0 Å². The predicted molar refractivity (Wildman–Crippen MR) is 80.5 cm³/mol.